The average Bonchev–Trinajstić information content (AvgIpc) is 2.24. The minimum Gasteiger partial charge on any atom is -0.319 e. The molecule has 0 heterocycles. The highest BCUT2D eigenvalue weighted by Gasteiger charge is 2.30. The molecule has 0 amide bonds. The molecule has 0 spiro atoms. The molecule has 1 N–H and O–H groups in total. The molecule has 1 unspecified atom stereocenters. The topological polar surface area (TPSA) is 12.0 Å². The zero-order chi connectivity index (χ0) is 13.1. The van der Waals surface area contributed by atoms with E-state index in [2.05, 4.69) is 26.1 Å². The molecule has 96 valence electrons. The van der Waals surface area contributed by atoms with E-state index in [9.17, 15) is 8.78 Å². The normalized spacial score (nSPS) is 15.0. The summed E-state index contributed by atoms with van der Waals surface area (Å²) in [5.41, 5.74) is 0.0385. The molecule has 0 saturated heterocycles. The van der Waals surface area contributed by atoms with Crippen molar-refractivity contribution in [3.8, 4) is 0 Å². The summed E-state index contributed by atoms with van der Waals surface area (Å²) < 4.78 is 27.2. The van der Waals surface area contributed by atoms with Crippen molar-refractivity contribution in [2.24, 2.45) is 11.3 Å². The molecule has 1 nitrogen and oxygen atoms in total. The van der Waals surface area contributed by atoms with Gasteiger partial charge in [-0.15, -0.1) is 0 Å². The minimum absolute atomic E-state index is 0.155. The Bertz CT molecular complexity index is 356. The number of rotatable bonds is 5. The molecular formula is C14H21F2N. The monoisotopic (exact) mass is 241 g/mol. The molecule has 0 aromatic heterocycles. The van der Waals surface area contributed by atoms with Crippen molar-refractivity contribution in [2.75, 3.05) is 13.6 Å². The number of hydrogen-bond donors (Lipinski definition) is 1. The summed E-state index contributed by atoms with van der Waals surface area (Å²) in [5, 5.41) is 3.10. The van der Waals surface area contributed by atoms with Gasteiger partial charge in [0.2, 0.25) is 0 Å². The minimum atomic E-state index is -0.451. The summed E-state index contributed by atoms with van der Waals surface area (Å²) in [4.78, 5) is 0. The summed E-state index contributed by atoms with van der Waals surface area (Å²) in [5.74, 6) is -0.560. The van der Waals surface area contributed by atoms with E-state index in [0.29, 0.717) is 12.3 Å². The number of benzene rings is 1. The second-order valence-corrected chi connectivity index (χ2v) is 5.22. The molecule has 1 atom stereocenters. The van der Waals surface area contributed by atoms with Gasteiger partial charge in [0, 0.05) is 12.1 Å². The predicted octanol–water partition coefficient (Wildman–Crippen LogP) is 3.39. The molecule has 0 radical (unpaired) electrons. The lowest BCUT2D eigenvalue weighted by atomic mass is 9.74. The third-order valence-electron chi connectivity index (χ3n) is 3.62. The van der Waals surface area contributed by atoms with E-state index in [-0.39, 0.29) is 11.0 Å². The fraction of sp³-hybridized carbons (Fsp3) is 0.571. The maximum atomic E-state index is 13.6. The first-order valence-electron chi connectivity index (χ1n) is 5.98. The summed E-state index contributed by atoms with van der Waals surface area (Å²) in [6, 6.07) is 4.04. The second-order valence-electron chi connectivity index (χ2n) is 5.22. The van der Waals surface area contributed by atoms with Crippen molar-refractivity contribution in [3.05, 3.63) is 35.4 Å². The summed E-state index contributed by atoms with van der Waals surface area (Å²) in [7, 11) is 1.86. The third-order valence-corrected chi connectivity index (χ3v) is 3.62. The first-order chi connectivity index (χ1) is 7.90. The predicted molar refractivity (Wildman–Crippen MR) is 66.9 cm³/mol. The van der Waals surface area contributed by atoms with E-state index < -0.39 is 11.6 Å². The van der Waals surface area contributed by atoms with Crippen LogP contribution in [0, 0.1) is 23.0 Å². The van der Waals surface area contributed by atoms with E-state index >= 15 is 0 Å². The SMILES string of the molecule is CNCC(C)(Cc1c(F)cccc1F)C(C)C. The van der Waals surface area contributed by atoms with E-state index in [1.807, 2.05) is 7.05 Å². The number of nitrogens with one attached hydrogen (secondary N) is 1. The van der Waals surface area contributed by atoms with Crippen LogP contribution in [0.5, 0.6) is 0 Å². The summed E-state index contributed by atoms with van der Waals surface area (Å²) in [6.45, 7) is 6.95. The Hall–Kier alpha value is -0.960. The highest BCUT2D eigenvalue weighted by atomic mass is 19.1. The van der Waals surface area contributed by atoms with E-state index in [1.54, 1.807) is 0 Å². The van der Waals surface area contributed by atoms with Gasteiger partial charge >= 0.3 is 0 Å². The maximum absolute atomic E-state index is 13.6. The number of halogens is 2. The molecule has 0 bridgehead atoms. The first-order valence-corrected chi connectivity index (χ1v) is 5.98. The van der Waals surface area contributed by atoms with Crippen LogP contribution in [0.25, 0.3) is 0 Å². The van der Waals surface area contributed by atoms with Gasteiger partial charge < -0.3 is 5.32 Å². The van der Waals surface area contributed by atoms with Gasteiger partial charge in [0.1, 0.15) is 11.6 Å². The van der Waals surface area contributed by atoms with Crippen LogP contribution < -0.4 is 5.32 Å². The molecule has 0 aliphatic heterocycles. The zero-order valence-corrected chi connectivity index (χ0v) is 11.0. The Morgan fingerprint density at radius 3 is 2.18 bits per heavy atom. The van der Waals surface area contributed by atoms with Gasteiger partial charge in [0.15, 0.2) is 0 Å². The molecule has 0 saturated carbocycles. The lowest BCUT2D eigenvalue weighted by Gasteiger charge is -2.34. The quantitative estimate of drug-likeness (QED) is 0.833. The highest BCUT2D eigenvalue weighted by molar-refractivity contribution is 5.21. The van der Waals surface area contributed by atoms with Gasteiger partial charge in [-0.05, 0) is 36.9 Å². The lowest BCUT2D eigenvalue weighted by molar-refractivity contribution is 0.208. The van der Waals surface area contributed by atoms with Crippen LogP contribution >= 0.6 is 0 Å². The molecule has 0 aliphatic rings. The number of hydrogen-bond acceptors (Lipinski definition) is 1. The van der Waals surface area contributed by atoms with Crippen LogP contribution in [-0.4, -0.2) is 13.6 Å². The van der Waals surface area contributed by atoms with Gasteiger partial charge in [-0.1, -0.05) is 26.8 Å². The van der Waals surface area contributed by atoms with E-state index in [0.717, 1.165) is 6.54 Å². The molecule has 1 aromatic carbocycles. The lowest BCUT2D eigenvalue weighted by Crippen LogP contribution is -2.37. The van der Waals surface area contributed by atoms with Crippen LogP contribution in [0.1, 0.15) is 26.3 Å². The first kappa shape index (κ1) is 14.1. The fourth-order valence-electron chi connectivity index (χ4n) is 1.98. The van der Waals surface area contributed by atoms with Crippen molar-refractivity contribution < 1.29 is 8.78 Å². The van der Waals surface area contributed by atoms with E-state index in [1.165, 1.54) is 18.2 Å². The standard InChI is InChI=1S/C14H21F2N/c1-10(2)14(3,9-17-4)8-11-12(15)6-5-7-13(11)16/h5-7,10,17H,8-9H2,1-4H3. The van der Waals surface area contributed by atoms with Crippen LogP contribution in [0.15, 0.2) is 18.2 Å². The van der Waals surface area contributed by atoms with Crippen molar-refractivity contribution in [1.29, 1.82) is 0 Å². The van der Waals surface area contributed by atoms with E-state index in [4.69, 9.17) is 0 Å². The van der Waals surface area contributed by atoms with Crippen LogP contribution in [-0.2, 0) is 6.42 Å². The zero-order valence-electron chi connectivity index (χ0n) is 11.0. The Morgan fingerprint density at radius 1 is 1.24 bits per heavy atom. The Labute approximate surface area is 102 Å². The van der Waals surface area contributed by atoms with Crippen molar-refractivity contribution in [1.82, 2.24) is 5.32 Å². The smallest absolute Gasteiger partial charge is 0.129 e. The van der Waals surface area contributed by atoms with Crippen LogP contribution in [0.4, 0.5) is 8.78 Å². The third kappa shape index (κ3) is 3.25. The molecule has 0 aliphatic carbocycles. The highest BCUT2D eigenvalue weighted by Crippen LogP contribution is 2.32. The Kier molecular flexibility index (Phi) is 4.63. The van der Waals surface area contributed by atoms with Crippen molar-refractivity contribution in [3.63, 3.8) is 0 Å². The molecule has 0 fully saturated rings. The summed E-state index contributed by atoms with van der Waals surface area (Å²) >= 11 is 0. The van der Waals surface area contributed by atoms with Crippen LogP contribution in [0.3, 0.4) is 0 Å². The second kappa shape index (κ2) is 5.58. The fourth-order valence-corrected chi connectivity index (χ4v) is 1.98. The van der Waals surface area contributed by atoms with Crippen molar-refractivity contribution in [2.45, 2.75) is 27.2 Å². The Morgan fingerprint density at radius 2 is 1.76 bits per heavy atom. The van der Waals surface area contributed by atoms with Gasteiger partial charge in [0.25, 0.3) is 0 Å². The van der Waals surface area contributed by atoms with Crippen molar-refractivity contribution >= 4 is 0 Å². The molecule has 1 aromatic rings. The van der Waals surface area contributed by atoms with Gasteiger partial charge in [0.05, 0.1) is 0 Å². The largest absolute Gasteiger partial charge is 0.319 e. The van der Waals surface area contributed by atoms with Gasteiger partial charge in [-0.2, -0.15) is 0 Å². The van der Waals surface area contributed by atoms with Gasteiger partial charge in [-0.25, -0.2) is 8.78 Å². The molecule has 17 heavy (non-hydrogen) atoms. The summed E-state index contributed by atoms with van der Waals surface area (Å²) in [6.07, 6.45) is 0.407. The molecule has 3 heteroatoms. The van der Waals surface area contributed by atoms with Gasteiger partial charge in [-0.3, -0.25) is 0 Å². The maximum Gasteiger partial charge on any atom is 0.129 e. The Balaban J connectivity index is 3.02. The molecule has 1 rings (SSSR count). The average molecular weight is 241 g/mol. The molecular weight excluding hydrogens is 220 g/mol. The van der Waals surface area contributed by atoms with Crippen LogP contribution in [0.2, 0.25) is 0 Å².